The molecule has 0 aromatic rings. The van der Waals surface area contributed by atoms with Crippen LogP contribution in [0.2, 0.25) is 0 Å². The van der Waals surface area contributed by atoms with Crippen molar-refractivity contribution in [1.82, 2.24) is 4.90 Å². The Balaban J connectivity index is 4.73. The van der Waals surface area contributed by atoms with Crippen molar-refractivity contribution in [2.45, 2.75) is 44.3 Å². The number of thiocarbonyl (C=S) groups is 1. The second-order valence-electron chi connectivity index (χ2n) is 3.88. The monoisotopic (exact) mass is 303 g/mol. The maximum atomic E-state index is 5.82. The van der Waals surface area contributed by atoms with Gasteiger partial charge in [0.2, 0.25) is 0 Å². The van der Waals surface area contributed by atoms with Crippen molar-refractivity contribution in [1.29, 1.82) is 0 Å². The quantitative estimate of drug-likeness (QED) is 0.568. The van der Waals surface area contributed by atoms with E-state index in [-0.39, 0.29) is 22.3 Å². The number of alkyl halides is 2. The molecule has 0 bridgehead atoms. The van der Waals surface area contributed by atoms with E-state index < -0.39 is 4.52 Å². The van der Waals surface area contributed by atoms with Crippen LogP contribution in [0.1, 0.15) is 27.7 Å². The first kappa shape index (κ1) is 16.3. The normalized spacial score (nSPS) is 11.8. The Hall–Kier alpha value is 0.300. The number of hydrogen-bond donors (Lipinski definition) is 0. The first-order valence-corrected chi connectivity index (χ1v) is 6.37. The molecular formula is C10H16Cl3NOS. The lowest BCUT2D eigenvalue weighted by Gasteiger charge is -2.34. The fourth-order valence-corrected chi connectivity index (χ4v) is 2.06. The van der Waals surface area contributed by atoms with E-state index in [1.807, 2.05) is 32.6 Å². The third-order valence-corrected chi connectivity index (χ3v) is 3.22. The molecule has 0 rings (SSSR count). The molecule has 0 heterocycles. The third kappa shape index (κ3) is 4.66. The summed E-state index contributed by atoms with van der Waals surface area (Å²) in [6, 6.07) is 0.362. The molecule has 0 aromatic carbocycles. The van der Waals surface area contributed by atoms with Gasteiger partial charge in [-0.15, -0.1) is 0 Å². The molecule has 0 N–H and O–H groups in total. The van der Waals surface area contributed by atoms with E-state index in [0.717, 1.165) is 0 Å². The molecule has 0 radical (unpaired) electrons. The van der Waals surface area contributed by atoms with Gasteiger partial charge in [-0.25, -0.2) is 0 Å². The van der Waals surface area contributed by atoms with Crippen LogP contribution in [0.3, 0.4) is 0 Å². The minimum absolute atomic E-state index is 0.0226. The molecule has 6 heteroatoms. The van der Waals surface area contributed by atoms with Gasteiger partial charge < -0.3 is 9.64 Å². The molecule has 0 aliphatic rings. The molecule has 0 spiro atoms. The fraction of sp³-hybridized carbons (Fsp3) is 0.700. The Morgan fingerprint density at radius 1 is 1.25 bits per heavy atom. The zero-order valence-corrected chi connectivity index (χ0v) is 12.8. The van der Waals surface area contributed by atoms with E-state index >= 15 is 0 Å². The third-order valence-electron chi connectivity index (χ3n) is 1.85. The van der Waals surface area contributed by atoms with Gasteiger partial charge in [0.25, 0.3) is 9.69 Å². The van der Waals surface area contributed by atoms with E-state index in [1.165, 1.54) is 0 Å². The summed E-state index contributed by atoms with van der Waals surface area (Å²) in [5.74, 6) is 0. The maximum Gasteiger partial charge on any atom is 0.297 e. The standard InChI is InChI=1S/C10H16Cl3NOS/c1-6(2)14(7(3)4)9(16)15-10(12,13)8(5)11/h6-7H,5H2,1-4H3. The SMILES string of the molecule is C=C(Cl)C(Cl)(Cl)OC(=S)N(C(C)C)C(C)C. The van der Waals surface area contributed by atoms with Gasteiger partial charge in [-0.3, -0.25) is 0 Å². The minimum atomic E-state index is -1.69. The van der Waals surface area contributed by atoms with E-state index in [2.05, 4.69) is 6.58 Å². The molecule has 0 saturated heterocycles. The lowest BCUT2D eigenvalue weighted by molar-refractivity contribution is 0.179. The Morgan fingerprint density at radius 2 is 1.62 bits per heavy atom. The van der Waals surface area contributed by atoms with E-state index in [9.17, 15) is 0 Å². The molecule has 0 saturated carbocycles. The topological polar surface area (TPSA) is 12.5 Å². The van der Waals surface area contributed by atoms with Gasteiger partial charge in [0.1, 0.15) is 0 Å². The molecule has 2 nitrogen and oxygen atoms in total. The first-order valence-electron chi connectivity index (χ1n) is 4.83. The Bertz CT molecular complexity index is 271. The first-order chi connectivity index (χ1) is 7.09. The van der Waals surface area contributed by atoms with Crippen molar-refractivity contribution in [3.8, 4) is 0 Å². The number of rotatable bonds is 4. The van der Waals surface area contributed by atoms with Gasteiger partial charge in [0, 0.05) is 12.1 Å². The van der Waals surface area contributed by atoms with Gasteiger partial charge >= 0.3 is 0 Å². The summed E-state index contributed by atoms with van der Waals surface area (Å²) in [5.41, 5.74) is 0. The van der Waals surface area contributed by atoms with Crippen LogP contribution in [0.5, 0.6) is 0 Å². The molecular weight excluding hydrogens is 289 g/mol. The van der Waals surface area contributed by atoms with E-state index in [0.29, 0.717) is 0 Å². The van der Waals surface area contributed by atoms with Crippen molar-refractivity contribution in [3.05, 3.63) is 11.6 Å². The molecule has 0 amide bonds. The highest BCUT2D eigenvalue weighted by atomic mass is 35.5. The Labute approximate surface area is 117 Å². The second-order valence-corrected chi connectivity index (χ2v) is 5.95. The number of ether oxygens (including phenoxy) is 1. The lowest BCUT2D eigenvalue weighted by atomic mass is 10.2. The largest absolute Gasteiger partial charge is 0.428 e. The molecule has 0 unspecified atom stereocenters. The zero-order valence-electron chi connectivity index (χ0n) is 9.76. The summed E-state index contributed by atoms with van der Waals surface area (Å²) >= 11 is 22.4. The average Bonchev–Trinajstić information content (AvgIpc) is 1.99. The van der Waals surface area contributed by atoms with Crippen LogP contribution < -0.4 is 0 Å². The highest BCUT2D eigenvalue weighted by Crippen LogP contribution is 2.34. The smallest absolute Gasteiger partial charge is 0.297 e. The molecule has 16 heavy (non-hydrogen) atoms. The van der Waals surface area contributed by atoms with E-state index in [1.54, 1.807) is 0 Å². The second kappa shape index (κ2) is 6.29. The number of nitrogens with zero attached hydrogens (tertiary/aromatic N) is 1. The van der Waals surface area contributed by atoms with E-state index in [4.69, 9.17) is 51.8 Å². The summed E-state index contributed by atoms with van der Waals surface area (Å²) in [5, 5.41) is 0.183. The van der Waals surface area contributed by atoms with Crippen molar-refractivity contribution in [2.24, 2.45) is 0 Å². The van der Waals surface area contributed by atoms with Crippen molar-refractivity contribution in [2.75, 3.05) is 0 Å². The van der Waals surface area contributed by atoms with Gasteiger partial charge in [-0.2, -0.15) is 0 Å². The maximum absolute atomic E-state index is 5.82. The summed E-state index contributed by atoms with van der Waals surface area (Å²) in [7, 11) is 0. The van der Waals surface area contributed by atoms with Crippen molar-refractivity contribution >= 4 is 52.2 Å². The summed E-state index contributed by atoms with van der Waals surface area (Å²) < 4.78 is 3.55. The van der Waals surface area contributed by atoms with Crippen molar-refractivity contribution < 1.29 is 4.74 Å². The van der Waals surface area contributed by atoms with Crippen LogP contribution in [0.25, 0.3) is 0 Å². The zero-order chi connectivity index (χ0) is 13.1. The minimum Gasteiger partial charge on any atom is -0.428 e. The van der Waals surface area contributed by atoms with Crippen LogP contribution in [-0.2, 0) is 4.74 Å². The predicted octanol–water partition coefficient (Wildman–Crippen LogP) is 4.29. The highest BCUT2D eigenvalue weighted by molar-refractivity contribution is 7.80. The summed E-state index contributed by atoms with van der Waals surface area (Å²) in [4.78, 5) is 1.87. The number of halogens is 3. The Morgan fingerprint density at radius 3 is 1.88 bits per heavy atom. The molecule has 0 aliphatic carbocycles. The van der Waals surface area contributed by atoms with Crippen LogP contribution in [0, 0.1) is 0 Å². The van der Waals surface area contributed by atoms with Gasteiger partial charge in [-0.1, -0.05) is 41.4 Å². The number of hydrogen-bond acceptors (Lipinski definition) is 2. The highest BCUT2D eigenvalue weighted by Gasteiger charge is 2.33. The fourth-order valence-electron chi connectivity index (χ4n) is 1.24. The van der Waals surface area contributed by atoms with Crippen LogP contribution in [0.4, 0.5) is 0 Å². The summed E-state index contributed by atoms with van der Waals surface area (Å²) in [6.07, 6.45) is 0. The molecule has 0 aliphatic heterocycles. The molecule has 0 fully saturated rings. The van der Waals surface area contributed by atoms with Gasteiger partial charge in [0.15, 0.2) is 0 Å². The lowest BCUT2D eigenvalue weighted by Crippen LogP contribution is -2.44. The predicted molar refractivity (Wildman–Crippen MR) is 75.2 cm³/mol. The Kier molecular flexibility index (Phi) is 6.41. The molecule has 94 valence electrons. The summed E-state index contributed by atoms with van der Waals surface area (Å²) in [6.45, 7) is 11.4. The molecule has 0 atom stereocenters. The van der Waals surface area contributed by atoms with Gasteiger partial charge in [-0.05, 0) is 39.9 Å². The van der Waals surface area contributed by atoms with Crippen LogP contribution in [0.15, 0.2) is 11.6 Å². The van der Waals surface area contributed by atoms with Crippen molar-refractivity contribution in [3.63, 3.8) is 0 Å². The van der Waals surface area contributed by atoms with Crippen LogP contribution in [-0.4, -0.2) is 26.7 Å². The average molecular weight is 305 g/mol. The molecule has 0 aromatic heterocycles. The van der Waals surface area contributed by atoms with Crippen LogP contribution >= 0.6 is 47.0 Å². The van der Waals surface area contributed by atoms with Gasteiger partial charge in [0.05, 0.1) is 5.03 Å².